The highest BCUT2D eigenvalue weighted by molar-refractivity contribution is 5.50. The smallest absolute Gasteiger partial charge is 0.149 e. The molecule has 19 heavy (non-hydrogen) atoms. The van der Waals surface area contributed by atoms with E-state index in [1.54, 1.807) is 12.0 Å². The normalized spacial score (nSPS) is 10.8. The second-order valence-corrected chi connectivity index (χ2v) is 4.25. The van der Waals surface area contributed by atoms with Crippen LogP contribution < -0.4 is 10.2 Å². The van der Waals surface area contributed by atoms with Crippen LogP contribution >= 0.6 is 0 Å². The quantitative estimate of drug-likeness (QED) is 0.736. The fraction of sp³-hybridized carbons (Fsp3) is 0.571. The number of halogens is 2. The summed E-state index contributed by atoms with van der Waals surface area (Å²) in [4.78, 5) is 1.67. The Morgan fingerprint density at radius 2 is 1.74 bits per heavy atom. The van der Waals surface area contributed by atoms with Gasteiger partial charge in [0.1, 0.15) is 17.3 Å². The van der Waals surface area contributed by atoms with Crippen LogP contribution in [0.25, 0.3) is 0 Å². The molecule has 0 unspecified atom stereocenters. The van der Waals surface area contributed by atoms with E-state index in [0.29, 0.717) is 38.3 Å². The van der Waals surface area contributed by atoms with Crippen molar-refractivity contribution in [2.24, 2.45) is 0 Å². The van der Waals surface area contributed by atoms with Crippen LogP contribution in [-0.4, -0.2) is 33.4 Å². The monoisotopic (exact) mass is 272 g/mol. The van der Waals surface area contributed by atoms with Gasteiger partial charge < -0.3 is 15.0 Å². The zero-order valence-electron chi connectivity index (χ0n) is 11.8. The molecular weight excluding hydrogens is 250 g/mol. The lowest BCUT2D eigenvalue weighted by atomic mass is 10.1. The van der Waals surface area contributed by atoms with Crippen molar-refractivity contribution < 1.29 is 13.5 Å². The minimum absolute atomic E-state index is 0.0608. The van der Waals surface area contributed by atoms with E-state index < -0.39 is 11.6 Å². The molecule has 1 N–H and O–H groups in total. The molecule has 0 radical (unpaired) electrons. The summed E-state index contributed by atoms with van der Waals surface area (Å²) < 4.78 is 32.8. The van der Waals surface area contributed by atoms with Gasteiger partial charge in [-0.15, -0.1) is 0 Å². The maximum atomic E-state index is 14.0. The van der Waals surface area contributed by atoms with Gasteiger partial charge in [-0.25, -0.2) is 8.78 Å². The van der Waals surface area contributed by atoms with Gasteiger partial charge in [0.2, 0.25) is 0 Å². The Bertz CT molecular complexity index is 372. The molecule has 3 nitrogen and oxygen atoms in total. The molecule has 0 fully saturated rings. The first-order valence-electron chi connectivity index (χ1n) is 6.56. The first-order chi connectivity index (χ1) is 9.13. The van der Waals surface area contributed by atoms with Crippen LogP contribution in [0.5, 0.6) is 0 Å². The molecule has 1 aromatic carbocycles. The Morgan fingerprint density at radius 3 is 2.21 bits per heavy atom. The van der Waals surface area contributed by atoms with Crippen molar-refractivity contribution in [1.29, 1.82) is 0 Å². The second-order valence-electron chi connectivity index (χ2n) is 4.25. The first-order valence-corrected chi connectivity index (χ1v) is 6.56. The van der Waals surface area contributed by atoms with Crippen LogP contribution in [-0.2, 0) is 11.3 Å². The maximum Gasteiger partial charge on any atom is 0.149 e. The Kier molecular flexibility index (Phi) is 6.73. The number of nitrogens with one attached hydrogen (secondary N) is 1. The van der Waals surface area contributed by atoms with Crippen LogP contribution in [0.2, 0.25) is 0 Å². The summed E-state index contributed by atoms with van der Waals surface area (Å²) in [6.07, 6.45) is 0. The van der Waals surface area contributed by atoms with Crippen molar-refractivity contribution in [3.05, 3.63) is 29.3 Å². The lowest BCUT2D eigenvalue weighted by Crippen LogP contribution is -2.25. The van der Waals surface area contributed by atoms with Gasteiger partial charge in [0.05, 0.1) is 6.61 Å². The molecule has 0 amide bonds. The molecule has 0 aliphatic heterocycles. The zero-order valence-corrected chi connectivity index (χ0v) is 11.8. The largest absolute Gasteiger partial charge is 0.383 e. The molecule has 0 heterocycles. The predicted molar refractivity (Wildman–Crippen MR) is 73.5 cm³/mol. The van der Waals surface area contributed by atoms with Crippen molar-refractivity contribution in [1.82, 2.24) is 5.32 Å². The molecule has 0 aromatic heterocycles. The zero-order chi connectivity index (χ0) is 14.3. The van der Waals surface area contributed by atoms with Gasteiger partial charge in [0, 0.05) is 33.3 Å². The van der Waals surface area contributed by atoms with Crippen LogP contribution in [0.4, 0.5) is 14.5 Å². The highest BCUT2D eigenvalue weighted by Crippen LogP contribution is 2.24. The summed E-state index contributed by atoms with van der Waals surface area (Å²) >= 11 is 0. The van der Waals surface area contributed by atoms with E-state index >= 15 is 0 Å². The van der Waals surface area contributed by atoms with Crippen molar-refractivity contribution >= 4 is 5.69 Å². The highest BCUT2D eigenvalue weighted by Gasteiger charge is 2.15. The van der Waals surface area contributed by atoms with E-state index in [2.05, 4.69) is 5.32 Å². The molecule has 1 aromatic rings. The average molecular weight is 272 g/mol. The summed E-state index contributed by atoms with van der Waals surface area (Å²) in [5, 5.41) is 3.06. The average Bonchev–Trinajstić information content (AvgIpc) is 2.39. The van der Waals surface area contributed by atoms with Gasteiger partial charge in [0.25, 0.3) is 0 Å². The van der Waals surface area contributed by atoms with Crippen molar-refractivity contribution in [2.75, 3.05) is 38.3 Å². The van der Waals surface area contributed by atoms with Crippen LogP contribution in [0.3, 0.4) is 0 Å². The Hall–Kier alpha value is -1.20. The molecule has 0 bridgehead atoms. The topological polar surface area (TPSA) is 24.5 Å². The summed E-state index contributed by atoms with van der Waals surface area (Å²) in [5.74, 6) is -1.01. The Balaban J connectivity index is 2.78. The third-order valence-electron chi connectivity index (χ3n) is 2.97. The van der Waals surface area contributed by atoms with Crippen molar-refractivity contribution in [3.63, 3.8) is 0 Å². The minimum Gasteiger partial charge on any atom is -0.383 e. The molecule has 0 saturated carbocycles. The van der Waals surface area contributed by atoms with Crippen LogP contribution in [0.1, 0.15) is 19.4 Å². The molecule has 108 valence electrons. The van der Waals surface area contributed by atoms with E-state index in [-0.39, 0.29) is 5.69 Å². The Morgan fingerprint density at radius 1 is 1.16 bits per heavy atom. The summed E-state index contributed by atoms with van der Waals surface area (Å²) in [7, 11) is 1.61. The summed E-state index contributed by atoms with van der Waals surface area (Å²) in [5.41, 5.74) is 0.660. The maximum absolute atomic E-state index is 14.0. The van der Waals surface area contributed by atoms with E-state index in [0.717, 1.165) is 0 Å². The molecule has 0 aliphatic carbocycles. The van der Waals surface area contributed by atoms with E-state index in [1.165, 1.54) is 12.1 Å². The first kappa shape index (κ1) is 15.9. The predicted octanol–water partition coefficient (Wildman–Crippen LogP) is 2.55. The number of hydrogen-bond acceptors (Lipinski definition) is 3. The van der Waals surface area contributed by atoms with Gasteiger partial charge in [-0.05, 0) is 31.5 Å². The van der Waals surface area contributed by atoms with Crippen LogP contribution in [0.15, 0.2) is 12.1 Å². The molecular formula is C14H22F2N2O. The second kappa shape index (κ2) is 8.07. The number of ether oxygens (including phenoxy) is 1. The molecule has 0 atom stereocenters. The van der Waals surface area contributed by atoms with E-state index in [9.17, 15) is 8.78 Å². The molecule has 5 heteroatoms. The fourth-order valence-electron chi connectivity index (χ4n) is 1.97. The van der Waals surface area contributed by atoms with Gasteiger partial charge in [-0.3, -0.25) is 0 Å². The lowest BCUT2D eigenvalue weighted by Gasteiger charge is -2.22. The van der Waals surface area contributed by atoms with Crippen molar-refractivity contribution in [2.45, 2.75) is 20.4 Å². The van der Waals surface area contributed by atoms with E-state index in [1.807, 2.05) is 13.8 Å². The van der Waals surface area contributed by atoms with Gasteiger partial charge in [-0.1, -0.05) is 0 Å². The number of rotatable bonds is 8. The highest BCUT2D eigenvalue weighted by atomic mass is 19.1. The molecule has 0 spiro atoms. The van der Waals surface area contributed by atoms with Gasteiger partial charge in [-0.2, -0.15) is 0 Å². The number of methoxy groups -OCH3 is 1. The fourth-order valence-corrected chi connectivity index (χ4v) is 1.97. The third-order valence-corrected chi connectivity index (χ3v) is 2.97. The number of benzene rings is 1. The number of anilines is 1. The summed E-state index contributed by atoms with van der Waals surface area (Å²) in [6, 6.07) is 2.77. The van der Waals surface area contributed by atoms with Gasteiger partial charge >= 0.3 is 0 Å². The standard InChI is InChI=1S/C14H22F2N2O/c1-4-18(5-2)14-12(15)8-11(9-13(14)16)10-17-6-7-19-3/h8-9,17H,4-7,10H2,1-3H3. The van der Waals surface area contributed by atoms with E-state index in [4.69, 9.17) is 4.74 Å². The molecule has 1 rings (SSSR count). The number of hydrogen-bond donors (Lipinski definition) is 1. The van der Waals surface area contributed by atoms with Crippen LogP contribution in [0, 0.1) is 11.6 Å². The molecule has 0 aliphatic rings. The third kappa shape index (κ3) is 4.44. The lowest BCUT2D eigenvalue weighted by molar-refractivity contribution is 0.199. The molecule has 0 saturated heterocycles. The Labute approximate surface area is 113 Å². The van der Waals surface area contributed by atoms with Crippen molar-refractivity contribution in [3.8, 4) is 0 Å². The van der Waals surface area contributed by atoms with Gasteiger partial charge in [0.15, 0.2) is 0 Å². The SMILES string of the molecule is CCN(CC)c1c(F)cc(CNCCOC)cc1F. The number of nitrogens with zero attached hydrogens (tertiary/aromatic N) is 1. The minimum atomic E-state index is -0.507. The summed E-state index contributed by atoms with van der Waals surface area (Å²) in [6.45, 7) is 6.56.